The third-order valence-corrected chi connectivity index (χ3v) is 4.36. The molecule has 156 valence electrons. The number of hydrogen-bond acceptors (Lipinski definition) is 5. The summed E-state index contributed by atoms with van der Waals surface area (Å²) >= 11 is 0. The Bertz CT molecular complexity index is 679. The zero-order valence-electron chi connectivity index (χ0n) is 17.4. The van der Waals surface area contributed by atoms with E-state index in [-0.39, 0.29) is 12.1 Å². The molecule has 8 heteroatoms. The topological polar surface area (TPSA) is 80.3 Å². The number of benzene rings is 1. The molecular weight excluding hydrogens is 362 g/mol. The van der Waals surface area contributed by atoms with Crippen molar-refractivity contribution in [3.8, 4) is 11.5 Å². The Morgan fingerprint density at radius 3 is 2.18 bits per heavy atom. The third-order valence-electron chi connectivity index (χ3n) is 4.36. The summed E-state index contributed by atoms with van der Waals surface area (Å²) in [4.78, 5) is 27.8. The van der Waals surface area contributed by atoms with Crippen LogP contribution in [-0.4, -0.2) is 74.5 Å². The predicted octanol–water partition coefficient (Wildman–Crippen LogP) is 2.51. The highest BCUT2D eigenvalue weighted by atomic mass is 16.6. The molecule has 0 saturated carbocycles. The first-order chi connectivity index (χ1) is 13.2. The number of ether oxygens (including phenoxy) is 3. The second-order valence-corrected chi connectivity index (χ2v) is 7.63. The quantitative estimate of drug-likeness (QED) is 0.831. The molecule has 1 saturated heterocycles. The maximum atomic E-state index is 12.4. The number of carbonyl (C=O) groups is 2. The molecule has 1 fully saturated rings. The molecule has 8 nitrogen and oxygen atoms in total. The summed E-state index contributed by atoms with van der Waals surface area (Å²) in [6.45, 7) is 7.95. The molecule has 1 aromatic rings. The number of carbonyl (C=O) groups excluding carboxylic acids is 2. The molecule has 2 rings (SSSR count). The predicted molar refractivity (Wildman–Crippen MR) is 106 cm³/mol. The molecule has 0 aliphatic carbocycles. The summed E-state index contributed by atoms with van der Waals surface area (Å²) in [7, 11) is 3.20. The normalized spacial score (nSPS) is 14.5. The lowest BCUT2D eigenvalue weighted by atomic mass is 10.1. The molecule has 0 unspecified atom stereocenters. The van der Waals surface area contributed by atoms with Gasteiger partial charge in [0.2, 0.25) is 0 Å². The van der Waals surface area contributed by atoms with Gasteiger partial charge in [0, 0.05) is 32.7 Å². The minimum absolute atomic E-state index is 0.121. The number of nitrogens with one attached hydrogen (secondary N) is 1. The van der Waals surface area contributed by atoms with Gasteiger partial charge in [0.25, 0.3) is 0 Å². The van der Waals surface area contributed by atoms with E-state index in [0.29, 0.717) is 50.6 Å². The second kappa shape index (κ2) is 9.52. The van der Waals surface area contributed by atoms with Gasteiger partial charge in [0.1, 0.15) is 5.60 Å². The van der Waals surface area contributed by atoms with Crippen LogP contribution in [0.3, 0.4) is 0 Å². The van der Waals surface area contributed by atoms with E-state index in [1.807, 2.05) is 39.0 Å². The van der Waals surface area contributed by atoms with Crippen molar-refractivity contribution in [2.75, 3.05) is 46.9 Å². The van der Waals surface area contributed by atoms with Crippen LogP contribution in [-0.2, 0) is 11.2 Å². The molecule has 1 aromatic carbocycles. The third kappa shape index (κ3) is 6.21. The van der Waals surface area contributed by atoms with Gasteiger partial charge in [-0.1, -0.05) is 6.07 Å². The van der Waals surface area contributed by atoms with E-state index in [9.17, 15) is 9.59 Å². The fourth-order valence-corrected chi connectivity index (χ4v) is 2.88. The van der Waals surface area contributed by atoms with E-state index >= 15 is 0 Å². The van der Waals surface area contributed by atoms with Gasteiger partial charge in [-0.05, 0) is 44.9 Å². The fourth-order valence-electron chi connectivity index (χ4n) is 2.88. The molecule has 0 atom stereocenters. The number of piperazine rings is 1. The second-order valence-electron chi connectivity index (χ2n) is 7.63. The summed E-state index contributed by atoms with van der Waals surface area (Å²) in [5.41, 5.74) is 0.531. The molecule has 0 spiro atoms. The average Bonchev–Trinajstić information content (AvgIpc) is 2.66. The van der Waals surface area contributed by atoms with Gasteiger partial charge in [-0.25, -0.2) is 9.59 Å². The van der Waals surface area contributed by atoms with E-state index in [0.717, 1.165) is 5.56 Å². The molecule has 0 bridgehead atoms. The van der Waals surface area contributed by atoms with Crippen LogP contribution < -0.4 is 14.8 Å². The van der Waals surface area contributed by atoms with Crippen molar-refractivity contribution >= 4 is 12.1 Å². The molecule has 0 aromatic heterocycles. The van der Waals surface area contributed by atoms with Crippen LogP contribution in [0.15, 0.2) is 18.2 Å². The Balaban J connectivity index is 1.75. The largest absolute Gasteiger partial charge is 0.493 e. The van der Waals surface area contributed by atoms with Gasteiger partial charge in [-0.3, -0.25) is 0 Å². The van der Waals surface area contributed by atoms with Crippen LogP contribution in [0.4, 0.5) is 9.59 Å². The Morgan fingerprint density at radius 1 is 1.00 bits per heavy atom. The van der Waals surface area contributed by atoms with Crippen molar-refractivity contribution in [1.29, 1.82) is 0 Å². The SMILES string of the molecule is COc1ccc(CCNC(=O)N2CCN(C(=O)OC(C)(C)C)CC2)cc1OC. The monoisotopic (exact) mass is 393 g/mol. The van der Waals surface area contributed by atoms with Crippen molar-refractivity contribution in [2.24, 2.45) is 0 Å². The van der Waals surface area contributed by atoms with Crippen molar-refractivity contribution in [3.05, 3.63) is 23.8 Å². The molecule has 1 N–H and O–H groups in total. The summed E-state index contributed by atoms with van der Waals surface area (Å²) in [5, 5.41) is 2.93. The highest BCUT2D eigenvalue weighted by Gasteiger charge is 2.27. The maximum Gasteiger partial charge on any atom is 0.410 e. The van der Waals surface area contributed by atoms with E-state index in [1.54, 1.807) is 24.0 Å². The maximum absolute atomic E-state index is 12.4. The minimum atomic E-state index is -0.518. The average molecular weight is 393 g/mol. The number of hydrogen-bond donors (Lipinski definition) is 1. The highest BCUT2D eigenvalue weighted by molar-refractivity contribution is 5.75. The molecule has 1 aliphatic heterocycles. The zero-order valence-corrected chi connectivity index (χ0v) is 17.4. The number of methoxy groups -OCH3 is 2. The lowest BCUT2D eigenvalue weighted by Gasteiger charge is -2.35. The van der Waals surface area contributed by atoms with Gasteiger partial charge in [0.15, 0.2) is 11.5 Å². The standard InChI is InChI=1S/C20H31N3O5/c1-20(2,3)28-19(25)23-12-10-22(11-13-23)18(24)21-9-8-15-6-7-16(26-4)17(14-15)27-5/h6-7,14H,8-13H2,1-5H3,(H,21,24). The lowest BCUT2D eigenvalue weighted by molar-refractivity contribution is 0.0170. The smallest absolute Gasteiger partial charge is 0.410 e. The van der Waals surface area contributed by atoms with E-state index < -0.39 is 5.60 Å². The molecule has 3 amide bonds. The van der Waals surface area contributed by atoms with Crippen LogP contribution in [0.25, 0.3) is 0 Å². The van der Waals surface area contributed by atoms with Gasteiger partial charge >= 0.3 is 12.1 Å². The number of amides is 3. The molecule has 1 aliphatic rings. The Morgan fingerprint density at radius 2 is 1.61 bits per heavy atom. The first-order valence-electron chi connectivity index (χ1n) is 9.45. The first-order valence-corrected chi connectivity index (χ1v) is 9.45. The van der Waals surface area contributed by atoms with Gasteiger partial charge in [-0.2, -0.15) is 0 Å². The van der Waals surface area contributed by atoms with Crippen LogP contribution in [0.5, 0.6) is 11.5 Å². The highest BCUT2D eigenvalue weighted by Crippen LogP contribution is 2.27. The Labute approximate surface area is 166 Å². The van der Waals surface area contributed by atoms with Crippen LogP contribution in [0.2, 0.25) is 0 Å². The minimum Gasteiger partial charge on any atom is -0.493 e. The van der Waals surface area contributed by atoms with Crippen molar-refractivity contribution < 1.29 is 23.8 Å². The summed E-state index contributed by atoms with van der Waals surface area (Å²) in [6.07, 6.45) is 0.352. The van der Waals surface area contributed by atoms with Gasteiger partial charge in [-0.15, -0.1) is 0 Å². The molecule has 1 heterocycles. The fraction of sp³-hybridized carbons (Fsp3) is 0.600. The molecule has 0 radical (unpaired) electrons. The molecule has 28 heavy (non-hydrogen) atoms. The van der Waals surface area contributed by atoms with Crippen LogP contribution >= 0.6 is 0 Å². The summed E-state index contributed by atoms with van der Waals surface area (Å²) in [6, 6.07) is 5.59. The lowest BCUT2D eigenvalue weighted by Crippen LogP contribution is -2.54. The molecular formula is C20H31N3O5. The number of urea groups is 1. The summed E-state index contributed by atoms with van der Waals surface area (Å²) in [5.74, 6) is 1.35. The number of rotatable bonds is 5. The van der Waals surface area contributed by atoms with E-state index in [2.05, 4.69) is 5.32 Å². The zero-order chi connectivity index (χ0) is 20.7. The van der Waals surface area contributed by atoms with Crippen molar-refractivity contribution in [3.63, 3.8) is 0 Å². The van der Waals surface area contributed by atoms with Crippen LogP contribution in [0.1, 0.15) is 26.3 Å². The summed E-state index contributed by atoms with van der Waals surface area (Å²) < 4.78 is 15.9. The van der Waals surface area contributed by atoms with Gasteiger partial charge in [0.05, 0.1) is 14.2 Å². The van der Waals surface area contributed by atoms with Crippen molar-refractivity contribution in [2.45, 2.75) is 32.8 Å². The van der Waals surface area contributed by atoms with E-state index in [4.69, 9.17) is 14.2 Å². The van der Waals surface area contributed by atoms with Crippen molar-refractivity contribution in [1.82, 2.24) is 15.1 Å². The van der Waals surface area contributed by atoms with Crippen LogP contribution in [0, 0.1) is 0 Å². The first kappa shape index (κ1) is 21.7. The Hall–Kier alpha value is -2.64. The van der Waals surface area contributed by atoms with E-state index in [1.165, 1.54) is 0 Å². The Kier molecular flexibility index (Phi) is 7.37. The van der Waals surface area contributed by atoms with Gasteiger partial charge < -0.3 is 29.3 Å². The number of nitrogens with zero attached hydrogens (tertiary/aromatic N) is 2.